The van der Waals surface area contributed by atoms with Gasteiger partial charge in [-0.15, -0.1) is 0 Å². The molecule has 0 saturated carbocycles. The second-order valence-corrected chi connectivity index (χ2v) is 6.28. The Morgan fingerprint density at radius 1 is 1.21 bits per heavy atom. The molecule has 0 heterocycles. The van der Waals surface area contributed by atoms with Crippen molar-refractivity contribution in [1.82, 2.24) is 4.31 Å². The predicted octanol–water partition coefficient (Wildman–Crippen LogP) is 1.40. The molecule has 0 bridgehead atoms. The summed E-state index contributed by atoms with van der Waals surface area (Å²) in [6, 6.07) is 12.4. The molecule has 5 nitrogen and oxygen atoms in total. The number of nitrogens with zero attached hydrogens (tertiary/aromatic N) is 1. The number of rotatable bonds is 4. The van der Waals surface area contributed by atoms with E-state index in [1.54, 1.807) is 24.3 Å². The van der Waals surface area contributed by atoms with E-state index in [4.69, 9.17) is 11.1 Å². The molecule has 0 aliphatic carbocycles. The molecule has 2 aromatic carbocycles. The lowest BCUT2D eigenvalue weighted by Gasteiger charge is -2.17. The smallest absolute Gasteiger partial charge is 0.243 e. The maximum absolute atomic E-state index is 12.5. The molecule has 2 aromatic rings. The first-order chi connectivity index (χ1) is 8.93. The van der Waals surface area contributed by atoms with Crippen LogP contribution in [0.25, 0.3) is 10.8 Å². The SMILES string of the molecule is CN(CC(=N)N)S(=O)(=O)c1cccc2ccccc12. The van der Waals surface area contributed by atoms with Crippen LogP contribution in [0, 0.1) is 5.41 Å². The normalized spacial score (nSPS) is 11.9. The van der Waals surface area contributed by atoms with Crippen molar-refractivity contribution in [2.45, 2.75) is 4.90 Å². The van der Waals surface area contributed by atoms with Gasteiger partial charge in [-0.2, -0.15) is 4.31 Å². The van der Waals surface area contributed by atoms with Crippen molar-refractivity contribution < 1.29 is 8.42 Å². The summed E-state index contributed by atoms with van der Waals surface area (Å²) in [5.41, 5.74) is 5.26. The Morgan fingerprint density at radius 3 is 2.53 bits per heavy atom. The van der Waals surface area contributed by atoms with Crippen molar-refractivity contribution in [3.8, 4) is 0 Å². The van der Waals surface area contributed by atoms with Crippen LogP contribution >= 0.6 is 0 Å². The highest BCUT2D eigenvalue weighted by Gasteiger charge is 2.23. The lowest BCUT2D eigenvalue weighted by molar-refractivity contribution is 0.505. The van der Waals surface area contributed by atoms with Crippen molar-refractivity contribution in [3.05, 3.63) is 42.5 Å². The average molecular weight is 277 g/mol. The summed E-state index contributed by atoms with van der Waals surface area (Å²) in [7, 11) is -2.23. The number of hydrogen-bond acceptors (Lipinski definition) is 3. The molecule has 0 spiro atoms. The Morgan fingerprint density at radius 2 is 1.84 bits per heavy atom. The summed E-state index contributed by atoms with van der Waals surface area (Å²) in [4.78, 5) is 0.231. The topological polar surface area (TPSA) is 87.2 Å². The van der Waals surface area contributed by atoms with E-state index in [1.165, 1.54) is 7.05 Å². The molecule has 0 aliphatic rings. The number of fused-ring (bicyclic) bond motifs is 1. The van der Waals surface area contributed by atoms with Gasteiger partial charge in [0.2, 0.25) is 10.0 Å². The van der Waals surface area contributed by atoms with Crippen LogP contribution < -0.4 is 5.73 Å². The van der Waals surface area contributed by atoms with Crippen LogP contribution in [0.15, 0.2) is 47.4 Å². The molecule has 0 amide bonds. The van der Waals surface area contributed by atoms with Crippen LogP contribution in [-0.2, 0) is 10.0 Å². The first kappa shape index (κ1) is 13.5. The van der Waals surface area contributed by atoms with Gasteiger partial charge in [0, 0.05) is 12.4 Å². The number of hydrogen-bond donors (Lipinski definition) is 2. The van der Waals surface area contributed by atoms with E-state index in [2.05, 4.69) is 0 Å². The van der Waals surface area contributed by atoms with Gasteiger partial charge >= 0.3 is 0 Å². The minimum absolute atomic E-state index is 0.119. The number of likely N-dealkylation sites (N-methyl/N-ethyl adjacent to an activating group) is 1. The third-order valence-electron chi connectivity index (χ3n) is 2.83. The Kier molecular flexibility index (Phi) is 3.55. The summed E-state index contributed by atoms with van der Waals surface area (Å²) in [6.45, 7) is -0.119. The maximum atomic E-state index is 12.5. The van der Waals surface area contributed by atoms with Crippen LogP contribution in [0.1, 0.15) is 0 Å². The number of nitrogens with one attached hydrogen (secondary N) is 1. The van der Waals surface area contributed by atoms with Gasteiger partial charge in [-0.3, -0.25) is 5.41 Å². The lowest BCUT2D eigenvalue weighted by atomic mass is 10.1. The van der Waals surface area contributed by atoms with Gasteiger partial charge in [0.15, 0.2) is 0 Å². The Hall–Kier alpha value is -1.92. The fourth-order valence-corrected chi connectivity index (χ4v) is 3.27. The Bertz CT molecular complexity index is 720. The number of nitrogens with two attached hydrogens (primary N) is 1. The van der Waals surface area contributed by atoms with E-state index in [0.717, 1.165) is 9.69 Å². The number of sulfonamides is 1. The fraction of sp³-hybridized carbons (Fsp3) is 0.154. The zero-order chi connectivity index (χ0) is 14.0. The van der Waals surface area contributed by atoms with Crippen molar-refractivity contribution in [2.75, 3.05) is 13.6 Å². The van der Waals surface area contributed by atoms with E-state index >= 15 is 0 Å². The average Bonchev–Trinajstić information content (AvgIpc) is 2.37. The molecule has 6 heteroatoms. The van der Waals surface area contributed by atoms with E-state index in [9.17, 15) is 8.42 Å². The molecule has 0 saturated heterocycles. The second kappa shape index (κ2) is 4.99. The molecule has 0 unspecified atom stereocenters. The van der Waals surface area contributed by atoms with Crippen molar-refractivity contribution in [2.24, 2.45) is 5.73 Å². The fourth-order valence-electron chi connectivity index (χ4n) is 1.91. The Labute approximate surface area is 112 Å². The third kappa shape index (κ3) is 2.59. The molecule has 100 valence electrons. The third-order valence-corrected chi connectivity index (χ3v) is 4.69. The van der Waals surface area contributed by atoms with Crippen molar-refractivity contribution in [3.63, 3.8) is 0 Å². The van der Waals surface area contributed by atoms with Crippen LogP contribution in [0.5, 0.6) is 0 Å². The minimum atomic E-state index is -3.65. The number of amidine groups is 1. The molecule has 0 atom stereocenters. The standard InChI is InChI=1S/C13H15N3O2S/c1-16(9-13(14)15)19(17,18)12-8-4-6-10-5-2-3-7-11(10)12/h2-8H,9H2,1H3,(H3,14,15). The first-order valence-electron chi connectivity index (χ1n) is 5.70. The lowest BCUT2D eigenvalue weighted by Crippen LogP contribution is -2.35. The summed E-state index contributed by atoms with van der Waals surface area (Å²) in [5.74, 6) is -0.189. The highest BCUT2D eigenvalue weighted by Crippen LogP contribution is 2.24. The molecular weight excluding hydrogens is 262 g/mol. The molecule has 0 fully saturated rings. The van der Waals surface area contributed by atoms with Gasteiger partial charge in [0.1, 0.15) is 5.84 Å². The molecule has 0 radical (unpaired) electrons. The Balaban J connectivity index is 2.58. The van der Waals surface area contributed by atoms with Crippen LogP contribution in [-0.4, -0.2) is 32.2 Å². The van der Waals surface area contributed by atoms with Gasteiger partial charge in [0.05, 0.1) is 11.4 Å². The molecule has 19 heavy (non-hydrogen) atoms. The second-order valence-electron chi connectivity index (χ2n) is 4.26. The molecule has 3 N–H and O–H groups in total. The zero-order valence-electron chi connectivity index (χ0n) is 10.5. The van der Waals surface area contributed by atoms with E-state index in [1.807, 2.05) is 18.2 Å². The van der Waals surface area contributed by atoms with Gasteiger partial charge < -0.3 is 5.73 Å². The van der Waals surface area contributed by atoms with Crippen molar-refractivity contribution in [1.29, 1.82) is 5.41 Å². The van der Waals surface area contributed by atoms with E-state index < -0.39 is 10.0 Å². The molecule has 2 rings (SSSR count). The monoisotopic (exact) mass is 277 g/mol. The first-order valence-corrected chi connectivity index (χ1v) is 7.14. The van der Waals surface area contributed by atoms with Crippen LogP contribution in [0.4, 0.5) is 0 Å². The minimum Gasteiger partial charge on any atom is -0.387 e. The predicted molar refractivity (Wildman–Crippen MR) is 75.7 cm³/mol. The largest absolute Gasteiger partial charge is 0.387 e. The van der Waals surface area contributed by atoms with Crippen LogP contribution in [0.3, 0.4) is 0 Å². The summed E-state index contributed by atoms with van der Waals surface area (Å²) < 4.78 is 26.0. The van der Waals surface area contributed by atoms with E-state index in [0.29, 0.717) is 5.39 Å². The summed E-state index contributed by atoms with van der Waals surface area (Å²) in [6.07, 6.45) is 0. The summed E-state index contributed by atoms with van der Waals surface area (Å²) in [5, 5.41) is 8.73. The highest BCUT2D eigenvalue weighted by atomic mass is 32.2. The molecule has 0 aliphatic heterocycles. The molecule has 0 aromatic heterocycles. The van der Waals surface area contributed by atoms with Gasteiger partial charge in [-0.1, -0.05) is 36.4 Å². The molecular formula is C13H15N3O2S. The van der Waals surface area contributed by atoms with Gasteiger partial charge in [-0.25, -0.2) is 8.42 Å². The maximum Gasteiger partial charge on any atom is 0.243 e. The van der Waals surface area contributed by atoms with Gasteiger partial charge in [0.25, 0.3) is 0 Å². The van der Waals surface area contributed by atoms with Crippen LogP contribution in [0.2, 0.25) is 0 Å². The van der Waals surface area contributed by atoms with Gasteiger partial charge in [-0.05, 0) is 11.5 Å². The van der Waals surface area contributed by atoms with E-state index in [-0.39, 0.29) is 17.3 Å². The highest BCUT2D eigenvalue weighted by molar-refractivity contribution is 7.89. The quantitative estimate of drug-likeness (QED) is 0.654. The van der Waals surface area contributed by atoms with Crippen molar-refractivity contribution >= 4 is 26.6 Å². The summed E-state index contributed by atoms with van der Waals surface area (Å²) >= 11 is 0. The number of benzene rings is 2. The zero-order valence-corrected chi connectivity index (χ0v) is 11.3.